The number of fused-ring (bicyclic) bond motifs is 5. The van der Waals surface area contributed by atoms with Crippen LogP contribution >= 0.6 is 0 Å². The number of hydrogen-bond acceptors (Lipinski definition) is 1. The van der Waals surface area contributed by atoms with Crippen LogP contribution in [0.1, 0.15) is 25.0 Å². The first kappa shape index (κ1) is 17.3. The maximum absolute atomic E-state index is 5.32. The molecule has 0 saturated heterocycles. The summed E-state index contributed by atoms with van der Waals surface area (Å²) in [5, 5.41) is 2.62. The zero-order valence-electron chi connectivity index (χ0n) is 17.4. The highest BCUT2D eigenvalue weighted by molar-refractivity contribution is 6.12. The van der Waals surface area contributed by atoms with E-state index in [1.54, 1.807) is 7.11 Å². The first-order valence-corrected chi connectivity index (χ1v) is 10.4. The van der Waals surface area contributed by atoms with Gasteiger partial charge < -0.3 is 9.30 Å². The van der Waals surface area contributed by atoms with Gasteiger partial charge in [0.1, 0.15) is 5.75 Å². The second-order valence-corrected chi connectivity index (χ2v) is 8.64. The molecule has 30 heavy (non-hydrogen) atoms. The van der Waals surface area contributed by atoms with Crippen molar-refractivity contribution in [2.24, 2.45) is 0 Å². The summed E-state index contributed by atoms with van der Waals surface area (Å²) in [6.07, 6.45) is 0. The number of benzene rings is 4. The first-order chi connectivity index (χ1) is 14.6. The van der Waals surface area contributed by atoms with E-state index in [0.717, 1.165) is 5.75 Å². The van der Waals surface area contributed by atoms with Crippen LogP contribution < -0.4 is 4.74 Å². The zero-order valence-corrected chi connectivity index (χ0v) is 17.4. The minimum atomic E-state index is -0.0285. The van der Waals surface area contributed by atoms with Crippen LogP contribution in [0.2, 0.25) is 0 Å². The van der Waals surface area contributed by atoms with E-state index in [4.69, 9.17) is 4.74 Å². The molecule has 0 atom stereocenters. The first-order valence-electron chi connectivity index (χ1n) is 10.4. The molecule has 0 amide bonds. The van der Waals surface area contributed by atoms with Crippen LogP contribution in [-0.2, 0) is 5.41 Å². The smallest absolute Gasteiger partial charge is 0.118 e. The van der Waals surface area contributed by atoms with Gasteiger partial charge in [-0.1, -0.05) is 68.4 Å². The second kappa shape index (κ2) is 5.99. The van der Waals surface area contributed by atoms with E-state index in [1.165, 1.54) is 49.7 Å². The van der Waals surface area contributed by atoms with Gasteiger partial charge in [0.2, 0.25) is 0 Å². The van der Waals surface area contributed by atoms with E-state index >= 15 is 0 Å². The summed E-state index contributed by atoms with van der Waals surface area (Å²) < 4.78 is 7.78. The summed E-state index contributed by atoms with van der Waals surface area (Å²) >= 11 is 0. The monoisotopic (exact) mass is 389 g/mol. The second-order valence-electron chi connectivity index (χ2n) is 8.64. The molecule has 1 aliphatic rings. The number of para-hydroxylation sites is 2. The zero-order chi connectivity index (χ0) is 20.5. The predicted molar refractivity (Wildman–Crippen MR) is 125 cm³/mol. The number of ether oxygens (including phenoxy) is 1. The van der Waals surface area contributed by atoms with Crippen molar-refractivity contribution in [3.8, 4) is 22.6 Å². The molecule has 0 N–H and O–H groups in total. The third-order valence-electron chi connectivity index (χ3n) is 6.70. The van der Waals surface area contributed by atoms with Gasteiger partial charge in [-0.15, -0.1) is 0 Å². The van der Waals surface area contributed by atoms with E-state index < -0.39 is 0 Å². The number of aromatic nitrogens is 1. The maximum atomic E-state index is 5.32. The van der Waals surface area contributed by atoms with Gasteiger partial charge in [0, 0.05) is 16.2 Å². The molecule has 0 fully saturated rings. The van der Waals surface area contributed by atoms with Crippen LogP contribution in [0.4, 0.5) is 0 Å². The van der Waals surface area contributed by atoms with E-state index in [2.05, 4.69) is 91.2 Å². The number of methoxy groups -OCH3 is 1. The largest absolute Gasteiger partial charge is 0.497 e. The van der Waals surface area contributed by atoms with Crippen molar-refractivity contribution in [2.75, 3.05) is 7.11 Å². The minimum absolute atomic E-state index is 0.0285. The lowest BCUT2D eigenvalue weighted by atomic mass is 9.75. The van der Waals surface area contributed by atoms with Gasteiger partial charge in [0.25, 0.3) is 0 Å². The lowest BCUT2D eigenvalue weighted by Gasteiger charge is -2.34. The van der Waals surface area contributed by atoms with Gasteiger partial charge in [-0.05, 0) is 52.6 Å². The quantitative estimate of drug-likeness (QED) is 0.314. The van der Waals surface area contributed by atoms with Gasteiger partial charge >= 0.3 is 0 Å². The molecule has 2 heterocycles. The van der Waals surface area contributed by atoms with Crippen LogP contribution in [0.5, 0.6) is 5.75 Å². The molecule has 0 unspecified atom stereocenters. The fraction of sp³-hybridized carbons (Fsp3) is 0.143. The summed E-state index contributed by atoms with van der Waals surface area (Å²) in [6, 6.07) is 30.7. The Labute approximate surface area is 176 Å². The van der Waals surface area contributed by atoms with Crippen molar-refractivity contribution in [1.82, 2.24) is 4.57 Å². The Morgan fingerprint density at radius 2 is 1.43 bits per heavy atom. The van der Waals surface area contributed by atoms with Crippen LogP contribution in [0.15, 0.2) is 84.9 Å². The molecule has 146 valence electrons. The lowest BCUT2D eigenvalue weighted by Crippen LogP contribution is -2.26. The highest BCUT2D eigenvalue weighted by Crippen LogP contribution is 2.47. The van der Waals surface area contributed by atoms with Gasteiger partial charge in [-0.3, -0.25) is 0 Å². The average molecular weight is 389 g/mol. The van der Waals surface area contributed by atoms with E-state index in [-0.39, 0.29) is 5.41 Å². The molecule has 0 saturated carbocycles. The van der Waals surface area contributed by atoms with Gasteiger partial charge in [-0.25, -0.2) is 0 Å². The Bertz CT molecular complexity index is 1440. The molecule has 0 spiro atoms. The molecule has 2 nitrogen and oxygen atoms in total. The van der Waals surface area contributed by atoms with Crippen LogP contribution in [0.3, 0.4) is 0 Å². The van der Waals surface area contributed by atoms with Gasteiger partial charge in [-0.2, -0.15) is 0 Å². The highest BCUT2D eigenvalue weighted by atomic mass is 16.5. The summed E-state index contributed by atoms with van der Waals surface area (Å²) in [4.78, 5) is 0. The average Bonchev–Trinajstić information content (AvgIpc) is 3.12. The third-order valence-corrected chi connectivity index (χ3v) is 6.70. The fourth-order valence-corrected chi connectivity index (χ4v) is 5.13. The van der Waals surface area contributed by atoms with Gasteiger partial charge in [0.05, 0.1) is 23.8 Å². The third kappa shape index (κ3) is 2.19. The fourth-order valence-electron chi connectivity index (χ4n) is 5.13. The molecule has 1 aliphatic heterocycles. The topological polar surface area (TPSA) is 14.2 Å². The lowest BCUT2D eigenvalue weighted by molar-refractivity contribution is 0.415. The molecule has 5 aromatic rings. The van der Waals surface area contributed by atoms with Crippen LogP contribution in [0.25, 0.3) is 38.6 Å². The van der Waals surface area contributed by atoms with Crippen molar-refractivity contribution >= 4 is 21.8 Å². The van der Waals surface area contributed by atoms with Crippen molar-refractivity contribution in [3.63, 3.8) is 0 Å². The highest BCUT2D eigenvalue weighted by Gasteiger charge is 2.34. The Kier molecular flexibility index (Phi) is 3.47. The Balaban J connectivity index is 1.69. The molecule has 1 aromatic heterocycles. The van der Waals surface area contributed by atoms with E-state index in [9.17, 15) is 0 Å². The van der Waals surface area contributed by atoms with Crippen molar-refractivity contribution < 1.29 is 4.74 Å². The molecule has 4 aromatic carbocycles. The standard InChI is InChI=1S/C28H23NO/c1-28(2)23-8-4-5-10-26(23)29-25-16-13-19(18-11-14-20(30-3)15-12-18)17-22(25)21-7-6-9-24(28)27(21)29/h4-17H,1-3H3. The predicted octanol–water partition coefficient (Wildman–Crippen LogP) is 7.10. The number of hydrogen-bond donors (Lipinski definition) is 0. The summed E-state index contributed by atoms with van der Waals surface area (Å²) in [5.41, 5.74) is 9.05. The maximum Gasteiger partial charge on any atom is 0.118 e. The Morgan fingerprint density at radius 3 is 2.23 bits per heavy atom. The number of nitrogens with zero attached hydrogens (tertiary/aromatic N) is 1. The molecule has 2 heteroatoms. The number of rotatable bonds is 2. The minimum Gasteiger partial charge on any atom is -0.497 e. The molecule has 0 aliphatic carbocycles. The van der Waals surface area contributed by atoms with Crippen molar-refractivity contribution in [2.45, 2.75) is 19.3 Å². The van der Waals surface area contributed by atoms with E-state index in [0.29, 0.717) is 0 Å². The van der Waals surface area contributed by atoms with Crippen LogP contribution in [-0.4, -0.2) is 11.7 Å². The van der Waals surface area contributed by atoms with Crippen molar-refractivity contribution in [1.29, 1.82) is 0 Å². The van der Waals surface area contributed by atoms with E-state index in [1.807, 2.05) is 12.1 Å². The molecule has 6 rings (SSSR count). The Hall–Kier alpha value is -3.52. The molecular formula is C28H23NO. The SMILES string of the molecule is COc1ccc(-c2ccc3c(c2)c2cccc4c2n3-c2ccccc2C4(C)C)cc1. The van der Waals surface area contributed by atoms with Crippen molar-refractivity contribution in [3.05, 3.63) is 96.1 Å². The Morgan fingerprint density at radius 1 is 0.700 bits per heavy atom. The normalized spacial score (nSPS) is 14.1. The molecular weight excluding hydrogens is 366 g/mol. The summed E-state index contributed by atoms with van der Waals surface area (Å²) in [5.74, 6) is 0.880. The van der Waals surface area contributed by atoms with Crippen LogP contribution in [0, 0.1) is 0 Å². The molecule has 0 radical (unpaired) electrons. The summed E-state index contributed by atoms with van der Waals surface area (Å²) in [7, 11) is 1.70. The van der Waals surface area contributed by atoms with Gasteiger partial charge in [0.15, 0.2) is 0 Å². The summed E-state index contributed by atoms with van der Waals surface area (Å²) in [6.45, 7) is 4.68. The molecule has 0 bridgehead atoms.